The van der Waals surface area contributed by atoms with Gasteiger partial charge in [-0.15, -0.1) is 0 Å². The second-order valence-electron chi connectivity index (χ2n) is 7.13. The summed E-state index contributed by atoms with van der Waals surface area (Å²) in [6.07, 6.45) is 1.66. The molecule has 0 bridgehead atoms. The number of hydrogen-bond donors (Lipinski definition) is 1. The van der Waals surface area contributed by atoms with Crippen molar-refractivity contribution in [3.63, 3.8) is 0 Å². The van der Waals surface area contributed by atoms with Crippen molar-refractivity contribution in [2.75, 3.05) is 16.8 Å². The predicted molar refractivity (Wildman–Crippen MR) is 103 cm³/mol. The fourth-order valence-corrected chi connectivity index (χ4v) is 3.50. The highest BCUT2D eigenvalue weighted by atomic mass is 19.1. The summed E-state index contributed by atoms with van der Waals surface area (Å²) in [6, 6.07) is 6.48. The molecule has 4 rings (SSSR count). The number of hydrogen-bond acceptors (Lipinski definition) is 4. The molecule has 0 unspecified atom stereocenters. The Hall–Kier alpha value is -3.29. The molecule has 2 aromatic heterocycles. The molecule has 0 radical (unpaired) electrons. The third kappa shape index (κ3) is 3.11. The maximum Gasteiger partial charge on any atom is 0.229 e. The molecule has 28 heavy (non-hydrogen) atoms. The molecule has 3 aromatic rings. The molecule has 1 aliphatic rings. The van der Waals surface area contributed by atoms with Gasteiger partial charge < -0.3 is 10.2 Å². The van der Waals surface area contributed by atoms with E-state index in [1.54, 1.807) is 29.9 Å². The summed E-state index contributed by atoms with van der Waals surface area (Å²) < 4.78 is 15.5. The lowest BCUT2D eigenvalue weighted by atomic mass is 10.1. The first-order chi connectivity index (χ1) is 13.3. The molecule has 144 valence electrons. The van der Waals surface area contributed by atoms with Crippen molar-refractivity contribution < 1.29 is 14.0 Å². The molecule has 1 saturated heterocycles. The minimum absolute atomic E-state index is 0.0862. The van der Waals surface area contributed by atoms with Gasteiger partial charge in [0, 0.05) is 31.1 Å². The number of nitrogens with zero attached hydrogens (tertiary/aromatic N) is 4. The summed E-state index contributed by atoms with van der Waals surface area (Å²) in [5, 5.41) is 8.01. The molecule has 0 spiro atoms. The van der Waals surface area contributed by atoms with Crippen LogP contribution in [-0.4, -0.2) is 33.1 Å². The molecule has 1 fully saturated rings. The number of carbonyl (C=O) groups excluding carboxylic acids is 2. The first-order valence-corrected chi connectivity index (χ1v) is 9.00. The molecule has 1 N–H and O–H groups in total. The zero-order valence-corrected chi connectivity index (χ0v) is 15.9. The van der Waals surface area contributed by atoms with Crippen molar-refractivity contribution in [1.29, 1.82) is 0 Å². The summed E-state index contributed by atoms with van der Waals surface area (Å²) in [6.45, 7) is 3.76. The quantitative estimate of drug-likeness (QED) is 0.757. The Bertz CT molecular complexity index is 1110. The summed E-state index contributed by atoms with van der Waals surface area (Å²) in [5.74, 6) is -1.34. The Kier molecular flexibility index (Phi) is 4.33. The van der Waals surface area contributed by atoms with E-state index in [4.69, 9.17) is 0 Å². The first-order valence-electron chi connectivity index (χ1n) is 9.00. The largest absolute Gasteiger partial charge is 0.324 e. The van der Waals surface area contributed by atoms with E-state index in [0.29, 0.717) is 16.9 Å². The number of rotatable bonds is 3. The molecule has 0 aliphatic carbocycles. The van der Waals surface area contributed by atoms with Gasteiger partial charge in [0.1, 0.15) is 5.82 Å². The summed E-state index contributed by atoms with van der Waals surface area (Å²) in [4.78, 5) is 30.8. The van der Waals surface area contributed by atoms with Crippen LogP contribution in [0.15, 0.2) is 30.5 Å². The van der Waals surface area contributed by atoms with E-state index in [2.05, 4.69) is 15.4 Å². The molecule has 8 heteroatoms. The normalized spacial score (nSPS) is 16.8. The Labute approximate surface area is 161 Å². The molecular weight excluding hydrogens is 361 g/mol. The average molecular weight is 381 g/mol. The van der Waals surface area contributed by atoms with Crippen LogP contribution in [0, 0.1) is 25.6 Å². The number of pyridine rings is 1. The predicted octanol–water partition coefficient (Wildman–Crippen LogP) is 2.72. The number of halogens is 1. The molecule has 1 atom stereocenters. The Morgan fingerprint density at radius 1 is 1.29 bits per heavy atom. The van der Waals surface area contributed by atoms with Gasteiger partial charge in [0.15, 0.2) is 5.65 Å². The van der Waals surface area contributed by atoms with Crippen LogP contribution < -0.4 is 10.2 Å². The van der Waals surface area contributed by atoms with Crippen molar-refractivity contribution in [3.8, 4) is 0 Å². The van der Waals surface area contributed by atoms with Gasteiger partial charge in [0.05, 0.1) is 23.5 Å². The van der Waals surface area contributed by atoms with Crippen LogP contribution in [-0.2, 0) is 16.6 Å². The van der Waals surface area contributed by atoms with Gasteiger partial charge in [-0.05, 0) is 37.6 Å². The second-order valence-corrected chi connectivity index (χ2v) is 7.13. The van der Waals surface area contributed by atoms with Gasteiger partial charge in [-0.2, -0.15) is 5.10 Å². The van der Waals surface area contributed by atoms with Gasteiger partial charge in [0.2, 0.25) is 11.8 Å². The number of amides is 2. The molecule has 0 saturated carbocycles. The molecular formula is C20H20FN5O2. The maximum absolute atomic E-state index is 13.8. The lowest BCUT2D eigenvalue weighted by Gasteiger charge is -2.17. The van der Waals surface area contributed by atoms with Gasteiger partial charge >= 0.3 is 0 Å². The van der Waals surface area contributed by atoms with E-state index >= 15 is 0 Å². The molecule has 3 heterocycles. The first kappa shape index (κ1) is 18.1. The Morgan fingerprint density at radius 2 is 2.07 bits per heavy atom. The van der Waals surface area contributed by atoms with E-state index in [-0.39, 0.29) is 30.6 Å². The average Bonchev–Trinajstić information content (AvgIpc) is 3.18. The second kappa shape index (κ2) is 6.70. The van der Waals surface area contributed by atoms with Crippen LogP contribution in [0.5, 0.6) is 0 Å². The molecule has 7 nitrogen and oxygen atoms in total. The number of aryl methyl sites for hydroxylation is 3. The van der Waals surface area contributed by atoms with Crippen LogP contribution >= 0.6 is 0 Å². The van der Waals surface area contributed by atoms with E-state index in [9.17, 15) is 14.0 Å². The van der Waals surface area contributed by atoms with Crippen LogP contribution in [0.25, 0.3) is 11.0 Å². The standard InChI is InChI=1S/C20H20FN5O2/c1-11-4-5-15(8-17(11)21)26-10-13(6-18(26)27)20(28)23-14-7-16-12(2)24-25(3)19(16)22-9-14/h4-5,7-9,13H,6,10H2,1-3H3,(H,23,28)/t13-/m1/s1. The highest BCUT2D eigenvalue weighted by molar-refractivity contribution is 6.03. The van der Waals surface area contributed by atoms with Crippen LogP contribution in [0.1, 0.15) is 17.7 Å². The maximum atomic E-state index is 13.8. The number of aromatic nitrogens is 3. The van der Waals surface area contributed by atoms with Crippen molar-refractivity contribution >= 4 is 34.2 Å². The van der Waals surface area contributed by atoms with Crippen LogP contribution in [0.4, 0.5) is 15.8 Å². The van der Waals surface area contributed by atoms with Gasteiger partial charge in [-0.1, -0.05) is 6.07 Å². The van der Waals surface area contributed by atoms with Gasteiger partial charge in [-0.3, -0.25) is 14.3 Å². The van der Waals surface area contributed by atoms with Gasteiger partial charge in [0.25, 0.3) is 0 Å². The molecule has 2 amide bonds. The van der Waals surface area contributed by atoms with E-state index in [0.717, 1.165) is 16.7 Å². The van der Waals surface area contributed by atoms with E-state index in [1.165, 1.54) is 11.0 Å². The lowest BCUT2D eigenvalue weighted by molar-refractivity contribution is -0.122. The minimum Gasteiger partial charge on any atom is -0.324 e. The zero-order chi connectivity index (χ0) is 20.0. The van der Waals surface area contributed by atoms with Crippen molar-refractivity contribution in [1.82, 2.24) is 14.8 Å². The third-order valence-electron chi connectivity index (χ3n) is 5.09. The van der Waals surface area contributed by atoms with Crippen molar-refractivity contribution in [2.45, 2.75) is 20.3 Å². The Balaban J connectivity index is 1.50. The van der Waals surface area contributed by atoms with Gasteiger partial charge in [-0.25, -0.2) is 9.37 Å². The smallest absolute Gasteiger partial charge is 0.229 e. The number of nitrogens with one attached hydrogen (secondary N) is 1. The van der Waals surface area contributed by atoms with Crippen molar-refractivity contribution in [2.24, 2.45) is 13.0 Å². The summed E-state index contributed by atoms with van der Waals surface area (Å²) in [7, 11) is 1.81. The topological polar surface area (TPSA) is 80.1 Å². The SMILES string of the molecule is Cc1ccc(N2C[C@H](C(=O)Nc3cnc4c(c3)c(C)nn4C)CC2=O)cc1F. The van der Waals surface area contributed by atoms with E-state index < -0.39 is 5.92 Å². The van der Waals surface area contributed by atoms with Crippen LogP contribution in [0.2, 0.25) is 0 Å². The number of anilines is 2. The third-order valence-corrected chi connectivity index (χ3v) is 5.09. The summed E-state index contributed by atoms with van der Waals surface area (Å²) >= 11 is 0. The Morgan fingerprint density at radius 3 is 2.82 bits per heavy atom. The zero-order valence-electron chi connectivity index (χ0n) is 15.9. The monoisotopic (exact) mass is 381 g/mol. The summed E-state index contributed by atoms with van der Waals surface area (Å²) in [5.41, 5.74) is 3.10. The highest BCUT2D eigenvalue weighted by Gasteiger charge is 2.35. The molecule has 1 aliphatic heterocycles. The number of carbonyl (C=O) groups is 2. The number of benzene rings is 1. The minimum atomic E-state index is -0.512. The lowest BCUT2D eigenvalue weighted by Crippen LogP contribution is -2.28. The fraction of sp³-hybridized carbons (Fsp3) is 0.300. The van der Waals surface area contributed by atoms with Crippen molar-refractivity contribution in [3.05, 3.63) is 47.5 Å². The highest BCUT2D eigenvalue weighted by Crippen LogP contribution is 2.28. The van der Waals surface area contributed by atoms with Crippen LogP contribution in [0.3, 0.4) is 0 Å². The fourth-order valence-electron chi connectivity index (χ4n) is 3.50. The number of fused-ring (bicyclic) bond motifs is 1. The van der Waals surface area contributed by atoms with E-state index in [1.807, 2.05) is 20.0 Å². The molecule has 1 aromatic carbocycles.